The molecule has 0 radical (unpaired) electrons. The highest BCUT2D eigenvalue weighted by atomic mass is 14.9. The van der Waals surface area contributed by atoms with Crippen LogP contribution < -0.4 is 5.32 Å². The first-order valence-electron chi connectivity index (χ1n) is 11.1. The first kappa shape index (κ1) is 18.7. The van der Waals surface area contributed by atoms with Gasteiger partial charge in [-0.3, -0.25) is 0 Å². The minimum absolute atomic E-state index is 1.01. The maximum absolute atomic E-state index is 3.53. The van der Waals surface area contributed by atoms with Gasteiger partial charge < -0.3 is 5.32 Å². The normalized spacial score (nSPS) is 11.6. The fourth-order valence-corrected chi connectivity index (χ4v) is 4.70. The van der Waals surface area contributed by atoms with Gasteiger partial charge in [-0.25, -0.2) is 0 Å². The van der Waals surface area contributed by atoms with Crippen molar-refractivity contribution in [3.63, 3.8) is 0 Å². The summed E-state index contributed by atoms with van der Waals surface area (Å²) < 4.78 is 0. The Morgan fingerprint density at radius 2 is 0.969 bits per heavy atom. The van der Waals surface area contributed by atoms with E-state index in [-0.39, 0.29) is 0 Å². The van der Waals surface area contributed by atoms with Crippen LogP contribution in [0.1, 0.15) is 11.1 Å². The van der Waals surface area contributed by atoms with Gasteiger partial charge in [0.25, 0.3) is 0 Å². The zero-order valence-electron chi connectivity index (χ0n) is 17.8. The summed E-state index contributed by atoms with van der Waals surface area (Å²) in [7, 11) is 0. The number of fused-ring (bicyclic) bond motifs is 3. The van der Waals surface area contributed by atoms with E-state index in [1.165, 1.54) is 44.5 Å². The van der Waals surface area contributed by atoms with Gasteiger partial charge in [-0.05, 0) is 75.2 Å². The molecule has 0 atom stereocenters. The van der Waals surface area contributed by atoms with Gasteiger partial charge in [0.2, 0.25) is 0 Å². The van der Waals surface area contributed by atoms with Crippen LogP contribution in [0.3, 0.4) is 0 Å². The average Bonchev–Trinajstić information content (AvgIpc) is 3.25. The molecule has 32 heavy (non-hydrogen) atoms. The second-order valence-electron chi connectivity index (χ2n) is 8.31. The molecule has 0 amide bonds. The van der Waals surface area contributed by atoms with E-state index in [1.54, 1.807) is 0 Å². The fourth-order valence-electron chi connectivity index (χ4n) is 4.70. The van der Waals surface area contributed by atoms with Gasteiger partial charge in [0, 0.05) is 11.4 Å². The quantitative estimate of drug-likeness (QED) is 0.308. The van der Waals surface area contributed by atoms with Crippen LogP contribution in [0.25, 0.3) is 33.4 Å². The van der Waals surface area contributed by atoms with Gasteiger partial charge in [-0.1, -0.05) is 97.1 Å². The first-order chi connectivity index (χ1) is 15.8. The molecule has 0 saturated carbocycles. The van der Waals surface area contributed by atoms with Crippen LogP contribution in [0.2, 0.25) is 0 Å². The zero-order chi connectivity index (χ0) is 21.3. The molecule has 6 rings (SSSR count). The Morgan fingerprint density at radius 3 is 1.72 bits per heavy atom. The second-order valence-corrected chi connectivity index (χ2v) is 8.31. The Morgan fingerprint density at radius 1 is 0.406 bits per heavy atom. The zero-order valence-corrected chi connectivity index (χ0v) is 17.8. The molecular formula is C31H23N. The number of hydrogen-bond donors (Lipinski definition) is 1. The van der Waals surface area contributed by atoms with Gasteiger partial charge >= 0.3 is 0 Å². The molecule has 0 aromatic heterocycles. The summed E-state index contributed by atoms with van der Waals surface area (Å²) in [5.41, 5.74) is 12.9. The number of benzene rings is 5. The molecule has 5 aromatic carbocycles. The highest BCUT2D eigenvalue weighted by Crippen LogP contribution is 2.41. The van der Waals surface area contributed by atoms with Crippen molar-refractivity contribution in [1.82, 2.24) is 0 Å². The highest BCUT2D eigenvalue weighted by Gasteiger charge is 2.20. The molecule has 0 heterocycles. The topological polar surface area (TPSA) is 12.0 Å². The lowest BCUT2D eigenvalue weighted by Gasteiger charge is -2.11. The SMILES string of the molecule is c1ccc(-c2ccc(Nc3ccc(-c4cccc5c4Cc4ccccc4-5)cc3)cc2)cc1. The maximum atomic E-state index is 3.53. The molecule has 1 heteroatoms. The van der Waals surface area contributed by atoms with Gasteiger partial charge in [-0.15, -0.1) is 0 Å². The lowest BCUT2D eigenvalue weighted by atomic mass is 9.95. The number of anilines is 2. The molecule has 152 valence electrons. The number of hydrogen-bond acceptors (Lipinski definition) is 1. The molecule has 1 N–H and O–H groups in total. The smallest absolute Gasteiger partial charge is 0.0384 e. The van der Waals surface area contributed by atoms with Crippen molar-refractivity contribution < 1.29 is 0 Å². The maximum Gasteiger partial charge on any atom is 0.0384 e. The van der Waals surface area contributed by atoms with Crippen molar-refractivity contribution in [2.75, 3.05) is 5.32 Å². The molecule has 0 spiro atoms. The van der Waals surface area contributed by atoms with Gasteiger partial charge in [0.1, 0.15) is 0 Å². The van der Waals surface area contributed by atoms with E-state index in [4.69, 9.17) is 0 Å². The van der Waals surface area contributed by atoms with Crippen molar-refractivity contribution >= 4 is 11.4 Å². The van der Waals surface area contributed by atoms with Crippen molar-refractivity contribution in [3.8, 4) is 33.4 Å². The van der Waals surface area contributed by atoms with Crippen LogP contribution in [0.4, 0.5) is 11.4 Å². The summed E-state index contributed by atoms with van der Waals surface area (Å²) in [5, 5.41) is 3.53. The van der Waals surface area contributed by atoms with Crippen LogP contribution in [0, 0.1) is 0 Å². The van der Waals surface area contributed by atoms with E-state index >= 15 is 0 Å². The molecule has 1 aliphatic carbocycles. The van der Waals surface area contributed by atoms with E-state index < -0.39 is 0 Å². The third kappa shape index (κ3) is 3.38. The lowest BCUT2D eigenvalue weighted by molar-refractivity contribution is 1.26. The molecule has 0 bridgehead atoms. The fraction of sp³-hybridized carbons (Fsp3) is 0.0323. The van der Waals surface area contributed by atoms with Crippen LogP contribution in [0.5, 0.6) is 0 Å². The van der Waals surface area contributed by atoms with Crippen LogP contribution >= 0.6 is 0 Å². The van der Waals surface area contributed by atoms with Gasteiger partial charge in [0.15, 0.2) is 0 Å². The standard InChI is InChI=1S/C31H23N/c1-2-7-22(8-3-1)23-13-17-26(18-14-23)32-27-19-15-24(16-20-27)28-11-6-12-30-29-10-5-4-9-25(29)21-31(28)30/h1-20,32H,21H2. The molecule has 0 unspecified atom stereocenters. The van der Waals surface area contributed by atoms with E-state index in [0.29, 0.717) is 0 Å². The van der Waals surface area contributed by atoms with Gasteiger partial charge in [0.05, 0.1) is 0 Å². The predicted octanol–water partition coefficient (Wildman–Crippen LogP) is 8.34. The molecule has 1 nitrogen and oxygen atoms in total. The van der Waals surface area contributed by atoms with Crippen LogP contribution in [-0.4, -0.2) is 0 Å². The third-order valence-electron chi connectivity index (χ3n) is 6.33. The molecule has 0 aliphatic heterocycles. The Labute approximate surface area is 189 Å². The Kier molecular flexibility index (Phi) is 4.58. The summed E-state index contributed by atoms with van der Waals surface area (Å²) in [5.74, 6) is 0. The monoisotopic (exact) mass is 409 g/mol. The summed E-state index contributed by atoms with van der Waals surface area (Å²) in [6.07, 6.45) is 1.01. The molecule has 1 aliphatic rings. The minimum atomic E-state index is 1.01. The van der Waals surface area contributed by atoms with Crippen molar-refractivity contribution in [2.24, 2.45) is 0 Å². The van der Waals surface area contributed by atoms with Crippen LogP contribution in [0.15, 0.2) is 121 Å². The second kappa shape index (κ2) is 7.86. The van der Waals surface area contributed by atoms with E-state index in [9.17, 15) is 0 Å². The van der Waals surface area contributed by atoms with Crippen molar-refractivity contribution in [2.45, 2.75) is 6.42 Å². The van der Waals surface area contributed by atoms with Crippen molar-refractivity contribution in [3.05, 3.63) is 132 Å². The Bertz CT molecular complexity index is 1380. The van der Waals surface area contributed by atoms with Crippen molar-refractivity contribution in [1.29, 1.82) is 0 Å². The van der Waals surface area contributed by atoms with E-state index in [0.717, 1.165) is 17.8 Å². The summed E-state index contributed by atoms with van der Waals surface area (Å²) >= 11 is 0. The van der Waals surface area contributed by atoms with E-state index in [2.05, 4.69) is 121 Å². The van der Waals surface area contributed by atoms with Gasteiger partial charge in [-0.2, -0.15) is 0 Å². The summed E-state index contributed by atoms with van der Waals surface area (Å²) in [6, 6.07) is 43.3. The van der Waals surface area contributed by atoms with E-state index in [1.807, 2.05) is 6.07 Å². The Balaban J connectivity index is 1.23. The molecular weight excluding hydrogens is 386 g/mol. The summed E-state index contributed by atoms with van der Waals surface area (Å²) in [4.78, 5) is 0. The average molecular weight is 410 g/mol. The minimum Gasteiger partial charge on any atom is -0.356 e. The largest absolute Gasteiger partial charge is 0.356 e. The lowest BCUT2D eigenvalue weighted by Crippen LogP contribution is -1.91. The molecule has 0 fully saturated rings. The Hall–Kier alpha value is -4.10. The number of rotatable bonds is 4. The third-order valence-corrected chi connectivity index (χ3v) is 6.33. The predicted molar refractivity (Wildman–Crippen MR) is 135 cm³/mol. The first-order valence-corrected chi connectivity index (χ1v) is 11.1. The van der Waals surface area contributed by atoms with Crippen LogP contribution in [-0.2, 0) is 6.42 Å². The molecule has 0 saturated heterocycles. The highest BCUT2D eigenvalue weighted by molar-refractivity contribution is 5.85. The summed E-state index contributed by atoms with van der Waals surface area (Å²) in [6.45, 7) is 0. The number of nitrogens with one attached hydrogen (secondary N) is 1. The molecule has 5 aromatic rings.